The lowest BCUT2D eigenvalue weighted by Gasteiger charge is -2.18. The Bertz CT molecular complexity index is 419. The average molecular weight is 270 g/mol. The normalized spacial score (nSPS) is 16.4. The van der Waals surface area contributed by atoms with Crippen molar-refractivity contribution in [3.8, 4) is 11.5 Å². The van der Waals surface area contributed by atoms with Gasteiger partial charge in [-0.05, 0) is 38.7 Å². The number of hydrogen-bond donors (Lipinski definition) is 1. The molecule has 0 radical (unpaired) electrons. The monoisotopic (exact) mass is 269 g/mol. The molecule has 100 valence electrons. The number of halogens is 1. The zero-order chi connectivity index (χ0) is 13.1. The van der Waals surface area contributed by atoms with Gasteiger partial charge in [0.15, 0.2) is 0 Å². The van der Waals surface area contributed by atoms with Crippen LogP contribution in [0.1, 0.15) is 38.3 Å². The molecule has 0 spiro atoms. The third-order valence-electron chi connectivity index (χ3n) is 3.15. The smallest absolute Gasteiger partial charge is 0.141 e. The molecule has 1 aromatic carbocycles. The zero-order valence-electron chi connectivity index (χ0n) is 10.9. The summed E-state index contributed by atoms with van der Waals surface area (Å²) in [6.45, 7) is 5.08. The van der Waals surface area contributed by atoms with Crippen LogP contribution in [0.3, 0.4) is 0 Å². The Morgan fingerprint density at radius 2 is 1.83 bits per heavy atom. The first-order valence-corrected chi connectivity index (χ1v) is 6.89. The van der Waals surface area contributed by atoms with E-state index in [1.54, 1.807) is 0 Å². The van der Waals surface area contributed by atoms with Crippen molar-refractivity contribution >= 4 is 11.6 Å². The molecule has 0 bridgehead atoms. The van der Waals surface area contributed by atoms with E-state index in [4.69, 9.17) is 26.8 Å². The molecule has 0 aromatic heterocycles. The topological polar surface area (TPSA) is 44.5 Å². The highest BCUT2D eigenvalue weighted by Crippen LogP contribution is 2.44. The molecule has 1 saturated carbocycles. The Hall–Kier alpha value is -0.930. The van der Waals surface area contributed by atoms with Crippen molar-refractivity contribution in [2.45, 2.75) is 32.7 Å². The second-order valence-electron chi connectivity index (χ2n) is 4.55. The fourth-order valence-corrected chi connectivity index (χ4v) is 2.29. The molecule has 0 aliphatic heterocycles. The van der Waals surface area contributed by atoms with E-state index in [2.05, 4.69) is 0 Å². The minimum atomic E-state index is 0.0136. The standard InChI is InChI=1S/C14H20ClNO2/c1-3-17-12-8-13(18-4-2)11(15)7-10(12)14(16)9-5-6-9/h7-9,14H,3-6,16H2,1-2H3. The van der Waals surface area contributed by atoms with Crippen LogP contribution >= 0.6 is 11.6 Å². The summed E-state index contributed by atoms with van der Waals surface area (Å²) in [7, 11) is 0. The molecule has 1 aliphatic carbocycles. The van der Waals surface area contributed by atoms with Crippen molar-refractivity contribution in [2.75, 3.05) is 13.2 Å². The quantitative estimate of drug-likeness (QED) is 0.859. The van der Waals surface area contributed by atoms with Crippen LogP contribution in [-0.4, -0.2) is 13.2 Å². The van der Waals surface area contributed by atoms with Crippen molar-refractivity contribution in [3.63, 3.8) is 0 Å². The Morgan fingerprint density at radius 3 is 2.39 bits per heavy atom. The summed E-state index contributed by atoms with van der Waals surface area (Å²) >= 11 is 6.21. The average Bonchev–Trinajstić information content (AvgIpc) is 3.17. The summed E-state index contributed by atoms with van der Waals surface area (Å²) in [6, 6.07) is 3.76. The molecular weight excluding hydrogens is 250 g/mol. The van der Waals surface area contributed by atoms with Gasteiger partial charge in [0.25, 0.3) is 0 Å². The van der Waals surface area contributed by atoms with Gasteiger partial charge in [0.05, 0.1) is 18.2 Å². The summed E-state index contributed by atoms with van der Waals surface area (Å²) in [4.78, 5) is 0. The van der Waals surface area contributed by atoms with Gasteiger partial charge < -0.3 is 15.2 Å². The van der Waals surface area contributed by atoms with E-state index in [9.17, 15) is 0 Å². The van der Waals surface area contributed by atoms with Gasteiger partial charge in [-0.3, -0.25) is 0 Å². The number of rotatable bonds is 6. The predicted molar refractivity (Wildman–Crippen MR) is 73.4 cm³/mol. The first kappa shape index (κ1) is 13.5. The van der Waals surface area contributed by atoms with Crippen LogP contribution in [0.5, 0.6) is 11.5 Å². The van der Waals surface area contributed by atoms with Crippen molar-refractivity contribution in [2.24, 2.45) is 11.7 Å². The van der Waals surface area contributed by atoms with E-state index in [1.807, 2.05) is 26.0 Å². The molecule has 1 atom stereocenters. The lowest BCUT2D eigenvalue weighted by atomic mass is 10.0. The molecule has 0 heterocycles. The summed E-state index contributed by atoms with van der Waals surface area (Å²) in [5.74, 6) is 2.03. The Labute approximate surface area is 113 Å². The van der Waals surface area contributed by atoms with Crippen molar-refractivity contribution in [1.29, 1.82) is 0 Å². The summed E-state index contributed by atoms with van der Waals surface area (Å²) in [5.41, 5.74) is 7.24. The molecule has 3 nitrogen and oxygen atoms in total. The number of benzene rings is 1. The van der Waals surface area contributed by atoms with E-state index < -0.39 is 0 Å². The van der Waals surface area contributed by atoms with E-state index in [0.29, 0.717) is 29.9 Å². The second kappa shape index (κ2) is 5.81. The maximum Gasteiger partial charge on any atom is 0.141 e. The maximum absolute atomic E-state index is 6.24. The van der Waals surface area contributed by atoms with Crippen LogP contribution in [0.2, 0.25) is 5.02 Å². The van der Waals surface area contributed by atoms with Crippen LogP contribution in [0.15, 0.2) is 12.1 Å². The summed E-state index contributed by atoms with van der Waals surface area (Å²) < 4.78 is 11.1. The maximum atomic E-state index is 6.24. The highest BCUT2D eigenvalue weighted by molar-refractivity contribution is 6.32. The van der Waals surface area contributed by atoms with Gasteiger partial charge in [0.1, 0.15) is 11.5 Å². The van der Waals surface area contributed by atoms with Gasteiger partial charge >= 0.3 is 0 Å². The van der Waals surface area contributed by atoms with Crippen LogP contribution in [0.25, 0.3) is 0 Å². The predicted octanol–water partition coefficient (Wildman–Crippen LogP) is 3.55. The molecule has 4 heteroatoms. The van der Waals surface area contributed by atoms with E-state index in [1.165, 1.54) is 12.8 Å². The summed E-state index contributed by atoms with van der Waals surface area (Å²) in [6.07, 6.45) is 2.38. The number of ether oxygens (including phenoxy) is 2. The van der Waals surface area contributed by atoms with Gasteiger partial charge in [-0.15, -0.1) is 0 Å². The molecule has 0 amide bonds. The molecule has 18 heavy (non-hydrogen) atoms. The molecular formula is C14H20ClNO2. The largest absolute Gasteiger partial charge is 0.493 e. The Balaban J connectivity index is 2.33. The fraction of sp³-hybridized carbons (Fsp3) is 0.571. The van der Waals surface area contributed by atoms with Gasteiger partial charge in [-0.1, -0.05) is 11.6 Å². The number of hydrogen-bond acceptors (Lipinski definition) is 3. The molecule has 2 N–H and O–H groups in total. The van der Waals surface area contributed by atoms with Crippen molar-refractivity contribution in [1.82, 2.24) is 0 Å². The zero-order valence-corrected chi connectivity index (χ0v) is 11.7. The first-order valence-electron chi connectivity index (χ1n) is 6.52. The van der Waals surface area contributed by atoms with E-state index >= 15 is 0 Å². The Morgan fingerprint density at radius 1 is 1.22 bits per heavy atom. The highest BCUT2D eigenvalue weighted by atomic mass is 35.5. The minimum Gasteiger partial charge on any atom is -0.493 e. The van der Waals surface area contributed by atoms with E-state index in [0.717, 1.165) is 11.3 Å². The fourth-order valence-electron chi connectivity index (χ4n) is 2.07. The van der Waals surface area contributed by atoms with Gasteiger partial charge in [0.2, 0.25) is 0 Å². The van der Waals surface area contributed by atoms with E-state index in [-0.39, 0.29) is 6.04 Å². The molecule has 0 saturated heterocycles. The molecule has 1 unspecified atom stereocenters. The van der Waals surface area contributed by atoms with Gasteiger partial charge in [-0.2, -0.15) is 0 Å². The van der Waals surface area contributed by atoms with Crippen LogP contribution in [0, 0.1) is 5.92 Å². The molecule has 2 rings (SSSR count). The highest BCUT2D eigenvalue weighted by Gasteiger charge is 2.31. The van der Waals surface area contributed by atoms with Crippen LogP contribution < -0.4 is 15.2 Å². The van der Waals surface area contributed by atoms with Crippen molar-refractivity contribution < 1.29 is 9.47 Å². The molecule has 1 aromatic rings. The third-order valence-corrected chi connectivity index (χ3v) is 3.45. The SMILES string of the molecule is CCOc1cc(OCC)c(C(N)C2CC2)cc1Cl. The lowest BCUT2D eigenvalue weighted by molar-refractivity contribution is 0.318. The van der Waals surface area contributed by atoms with Crippen molar-refractivity contribution in [3.05, 3.63) is 22.7 Å². The lowest BCUT2D eigenvalue weighted by Crippen LogP contribution is -2.14. The third kappa shape index (κ3) is 2.90. The second-order valence-corrected chi connectivity index (χ2v) is 4.96. The number of nitrogens with two attached hydrogens (primary N) is 1. The Kier molecular flexibility index (Phi) is 4.36. The van der Waals surface area contributed by atoms with Gasteiger partial charge in [0, 0.05) is 17.7 Å². The van der Waals surface area contributed by atoms with Crippen LogP contribution in [0.4, 0.5) is 0 Å². The van der Waals surface area contributed by atoms with Crippen LogP contribution in [-0.2, 0) is 0 Å². The molecule has 1 fully saturated rings. The summed E-state index contributed by atoms with van der Waals surface area (Å²) in [5, 5.41) is 0.603. The molecule has 1 aliphatic rings. The minimum absolute atomic E-state index is 0.0136. The van der Waals surface area contributed by atoms with Gasteiger partial charge in [-0.25, -0.2) is 0 Å². The first-order chi connectivity index (χ1) is 8.67.